The molecule has 0 aliphatic carbocycles. The van der Waals surface area contributed by atoms with Crippen LogP contribution in [0.4, 0.5) is 23.0 Å². The van der Waals surface area contributed by atoms with Crippen LogP contribution in [0.25, 0.3) is 0 Å². The molecular formula is C14H18N8. The van der Waals surface area contributed by atoms with E-state index in [0.29, 0.717) is 36.1 Å². The summed E-state index contributed by atoms with van der Waals surface area (Å²) in [5.41, 5.74) is 26.2. The van der Waals surface area contributed by atoms with Gasteiger partial charge in [0, 0.05) is 0 Å². The van der Waals surface area contributed by atoms with Crippen molar-refractivity contribution < 1.29 is 0 Å². The third-order valence-corrected chi connectivity index (χ3v) is 3.51. The first-order chi connectivity index (χ1) is 10.5. The lowest BCUT2D eigenvalue weighted by Gasteiger charge is -2.07. The maximum absolute atomic E-state index is 5.84. The Morgan fingerprint density at radius 1 is 0.682 bits per heavy atom. The maximum Gasteiger partial charge on any atom is 0.145 e. The average molecular weight is 298 g/mol. The minimum Gasteiger partial charge on any atom is -0.394 e. The monoisotopic (exact) mass is 298 g/mol. The van der Waals surface area contributed by atoms with Crippen LogP contribution >= 0.6 is 0 Å². The van der Waals surface area contributed by atoms with E-state index >= 15 is 0 Å². The standard InChI is InChI=1S/C14H18N8/c15-11-5-19-21(13(11)17)7-9-1-2-10(4-3-9)8-22-14(18)12(16)6-20-22/h1-6H,7-8,15-18H2. The van der Waals surface area contributed by atoms with E-state index < -0.39 is 0 Å². The summed E-state index contributed by atoms with van der Waals surface area (Å²) in [5, 5.41) is 8.27. The molecule has 1 aromatic carbocycles. The lowest BCUT2D eigenvalue weighted by atomic mass is 10.1. The van der Waals surface area contributed by atoms with E-state index in [1.165, 1.54) is 0 Å². The van der Waals surface area contributed by atoms with Crippen LogP contribution in [0.15, 0.2) is 36.7 Å². The van der Waals surface area contributed by atoms with E-state index in [1.54, 1.807) is 21.8 Å². The third kappa shape index (κ3) is 2.53. The molecule has 3 rings (SSSR count). The number of hydrogen-bond acceptors (Lipinski definition) is 6. The summed E-state index contributed by atoms with van der Waals surface area (Å²) in [4.78, 5) is 0. The second-order valence-corrected chi connectivity index (χ2v) is 5.10. The summed E-state index contributed by atoms with van der Waals surface area (Å²) in [6.07, 6.45) is 3.10. The summed E-state index contributed by atoms with van der Waals surface area (Å²) in [7, 11) is 0. The Morgan fingerprint density at radius 3 is 1.32 bits per heavy atom. The first kappa shape index (κ1) is 13.8. The van der Waals surface area contributed by atoms with Crippen LogP contribution in [0, 0.1) is 0 Å². The molecule has 2 heterocycles. The molecule has 0 spiro atoms. The Hall–Kier alpha value is -3.16. The number of hydrogen-bond donors (Lipinski definition) is 4. The van der Waals surface area contributed by atoms with Gasteiger partial charge in [0.05, 0.1) is 36.9 Å². The van der Waals surface area contributed by atoms with Crippen molar-refractivity contribution in [1.82, 2.24) is 19.6 Å². The Bertz CT molecular complexity index is 717. The van der Waals surface area contributed by atoms with E-state index in [9.17, 15) is 0 Å². The van der Waals surface area contributed by atoms with Gasteiger partial charge in [0.25, 0.3) is 0 Å². The molecule has 0 bridgehead atoms. The molecule has 0 fully saturated rings. The smallest absolute Gasteiger partial charge is 0.145 e. The average Bonchev–Trinajstić information content (AvgIpc) is 3.00. The molecule has 0 atom stereocenters. The Balaban J connectivity index is 1.73. The van der Waals surface area contributed by atoms with Gasteiger partial charge in [-0.2, -0.15) is 10.2 Å². The molecule has 2 aromatic heterocycles. The third-order valence-electron chi connectivity index (χ3n) is 3.51. The number of benzene rings is 1. The molecular weight excluding hydrogens is 280 g/mol. The van der Waals surface area contributed by atoms with Gasteiger partial charge in [0.15, 0.2) is 0 Å². The fraction of sp³-hybridized carbons (Fsp3) is 0.143. The summed E-state index contributed by atoms with van der Waals surface area (Å²) in [6, 6.07) is 8.04. The number of nitrogens with two attached hydrogens (primary N) is 4. The topological polar surface area (TPSA) is 140 Å². The number of anilines is 4. The SMILES string of the molecule is Nc1cnn(Cc2ccc(Cn3ncc(N)c3N)cc2)c1N. The van der Waals surface area contributed by atoms with Crippen LogP contribution in [0.3, 0.4) is 0 Å². The quantitative estimate of drug-likeness (QED) is 0.553. The maximum atomic E-state index is 5.84. The molecule has 0 aliphatic rings. The van der Waals surface area contributed by atoms with Gasteiger partial charge in [0.1, 0.15) is 11.6 Å². The molecule has 8 heteroatoms. The van der Waals surface area contributed by atoms with Crippen molar-refractivity contribution in [3.8, 4) is 0 Å². The van der Waals surface area contributed by atoms with Crippen molar-refractivity contribution in [3.63, 3.8) is 0 Å². The van der Waals surface area contributed by atoms with Crippen molar-refractivity contribution >= 4 is 23.0 Å². The van der Waals surface area contributed by atoms with Crippen LogP contribution < -0.4 is 22.9 Å². The number of nitrogens with zero attached hydrogens (tertiary/aromatic N) is 4. The Labute approximate surface area is 127 Å². The second-order valence-electron chi connectivity index (χ2n) is 5.10. The highest BCUT2D eigenvalue weighted by Crippen LogP contribution is 2.17. The number of aromatic nitrogens is 4. The first-order valence-corrected chi connectivity index (χ1v) is 6.76. The molecule has 0 radical (unpaired) electrons. The molecule has 8 N–H and O–H groups in total. The van der Waals surface area contributed by atoms with Crippen LogP contribution in [-0.2, 0) is 13.1 Å². The fourth-order valence-electron chi connectivity index (χ4n) is 2.17. The van der Waals surface area contributed by atoms with Crippen LogP contribution in [0.2, 0.25) is 0 Å². The molecule has 114 valence electrons. The van der Waals surface area contributed by atoms with Gasteiger partial charge in [-0.1, -0.05) is 24.3 Å². The van der Waals surface area contributed by atoms with Crippen LogP contribution in [-0.4, -0.2) is 19.6 Å². The van der Waals surface area contributed by atoms with Crippen LogP contribution in [0.1, 0.15) is 11.1 Å². The molecule has 22 heavy (non-hydrogen) atoms. The fourth-order valence-corrected chi connectivity index (χ4v) is 2.17. The van der Waals surface area contributed by atoms with Gasteiger partial charge >= 0.3 is 0 Å². The van der Waals surface area contributed by atoms with Gasteiger partial charge in [-0.25, -0.2) is 9.36 Å². The van der Waals surface area contributed by atoms with Crippen molar-refractivity contribution in [2.75, 3.05) is 22.9 Å². The van der Waals surface area contributed by atoms with E-state index in [0.717, 1.165) is 11.1 Å². The predicted octanol–water partition coefficient (Wildman–Crippen LogP) is 0.505. The van der Waals surface area contributed by atoms with Crippen molar-refractivity contribution in [2.45, 2.75) is 13.1 Å². The zero-order valence-corrected chi connectivity index (χ0v) is 12.0. The van der Waals surface area contributed by atoms with E-state index in [4.69, 9.17) is 22.9 Å². The lowest BCUT2D eigenvalue weighted by Crippen LogP contribution is -2.08. The predicted molar refractivity (Wildman–Crippen MR) is 86.7 cm³/mol. The van der Waals surface area contributed by atoms with Gasteiger partial charge in [-0.05, 0) is 11.1 Å². The molecule has 0 aliphatic heterocycles. The zero-order chi connectivity index (χ0) is 15.7. The molecule has 0 amide bonds. The minimum atomic E-state index is 0.476. The van der Waals surface area contributed by atoms with Gasteiger partial charge in [-0.3, -0.25) is 0 Å². The zero-order valence-electron chi connectivity index (χ0n) is 12.0. The van der Waals surface area contributed by atoms with Crippen LogP contribution in [0.5, 0.6) is 0 Å². The minimum absolute atomic E-state index is 0.476. The highest BCUT2D eigenvalue weighted by Gasteiger charge is 2.06. The number of nitrogen functional groups attached to an aromatic ring is 4. The highest BCUT2D eigenvalue weighted by molar-refractivity contribution is 5.57. The Kier molecular flexibility index (Phi) is 3.34. The summed E-state index contributed by atoms with van der Waals surface area (Å²) < 4.78 is 3.33. The van der Waals surface area contributed by atoms with Gasteiger partial charge in [-0.15, -0.1) is 0 Å². The summed E-state index contributed by atoms with van der Waals surface area (Å²) in [5.74, 6) is 0.952. The lowest BCUT2D eigenvalue weighted by molar-refractivity contribution is 0.689. The summed E-state index contributed by atoms with van der Waals surface area (Å²) in [6.45, 7) is 1.14. The normalized spacial score (nSPS) is 10.9. The second kappa shape index (κ2) is 5.32. The number of rotatable bonds is 4. The van der Waals surface area contributed by atoms with E-state index in [2.05, 4.69) is 10.2 Å². The molecule has 0 saturated heterocycles. The molecule has 8 nitrogen and oxygen atoms in total. The van der Waals surface area contributed by atoms with Gasteiger partial charge in [0.2, 0.25) is 0 Å². The van der Waals surface area contributed by atoms with E-state index in [1.807, 2.05) is 24.3 Å². The Morgan fingerprint density at radius 2 is 1.05 bits per heavy atom. The van der Waals surface area contributed by atoms with Crippen molar-refractivity contribution in [1.29, 1.82) is 0 Å². The largest absolute Gasteiger partial charge is 0.394 e. The highest BCUT2D eigenvalue weighted by atomic mass is 15.3. The summed E-state index contributed by atoms with van der Waals surface area (Å²) >= 11 is 0. The van der Waals surface area contributed by atoms with Gasteiger partial charge < -0.3 is 22.9 Å². The molecule has 0 saturated carbocycles. The molecule has 3 aromatic rings. The first-order valence-electron chi connectivity index (χ1n) is 6.76. The molecule has 0 unspecified atom stereocenters. The van der Waals surface area contributed by atoms with Crippen molar-refractivity contribution in [2.24, 2.45) is 0 Å². The van der Waals surface area contributed by atoms with Crippen molar-refractivity contribution in [3.05, 3.63) is 47.8 Å². The van der Waals surface area contributed by atoms with E-state index in [-0.39, 0.29) is 0 Å².